The van der Waals surface area contributed by atoms with Gasteiger partial charge >= 0.3 is 0 Å². The fourth-order valence-electron chi connectivity index (χ4n) is 2.73. The summed E-state index contributed by atoms with van der Waals surface area (Å²) < 4.78 is 0. The first-order valence-electron chi connectivity index (χ1n) is 5.52. The Kier molecular flexibility index (Phi) is 3.38. The Morgan fingerprint density at radius 2 is 1.15 bits per heavy atom. The third kappa shape index (κ3) is 2.65. The normalized spacial score (nSPS) is 35.7. The summed E-state index contributed by atoms with van der Waals surface area (Å²) in [5.41, 5.74) is 0. The highest BCUT2D eigenvalue weighted by molar-refractivity contribution is 8.32. The monoisotopic (exact) mass is 202 g/mol. The number of hydrogen-bond acceptors (Lipinski definition) is 0. The van der Waals surface area contributed by atoms with E-state index in [2.05, 4.69) is 40.2 Å². The van der Waals surface area contributed by atoms with Gasteiger partial charge in [0.05, 0.1) is 0 Å². The molecule has 0 aromatic rings. The summed E-state index contributed by atoms with van der Waals surface area (Å²) >= 11 is 0. The van der Waals surface area contributed by atoms with Crippen molar-refractivity contribution in [1.82, 2.24) is 0 Å². The predicted octanol–water partition coefficient (Wildman–Crippen LogP) is 3.61. The molecule has 0 N–H and O–H groups in total. The van der Waals surface area contributed by atoms with Crippen LogP contribution in [0, 0.1) is 23.7 Å². The van der Waals surface area contributed by atoms with Gasteiger partial charge in [-0.1, -0.05) is 27.7 Å². The summed E-state index contributed by atoms with van der Waals surface area (Å²) in [6.45, 7) is 9.61. The molecule has 1 rings (SSSR count). The Morgan fingerprint density at radius 1 is 0.846 bits per heavy atom. The predicted molar refractivity (Wildman–Crippen MR) is 65.8 cm³/mol. The molecule has 1 aliphatic heterocycles. The first kappa shape index (κ1) is 11.4. The van der Waals surface area contributed by atoms with Crippen LogP contribution in [0.25, 0.3) is 0 Å². The zero-order valence-corrected chi connectivity index (χ0v) is 10.9. The number of hydrogen-bond donors (Lipinski definition) is 0. The van der Waals surface area contributed by atoms with Gasteiger partial charge in [0.2, 0.25) is 0 Å². The van der Waals surface area contributed by atoms with Crippen molar-refractivity contribution >= 4 is 10.0 Å². The molecule has 1 fully saturated rings. The zero-order valence-electron chi connectivity index (χ0n) is 10.1. The Balaban J connectivity index is 2.71. The minimum absolute atomic E-state index is 0.235. The quantitative estimate of drug-likeness (QED) is 0.642. The van der Waals surface area contributed by atoms with E-state index in [0.717, 1.165) is 23.7 Å². The molecule has 0 radical (unpaired) electrons. The first-order valence-corrected chi connectivity index (χ1v) is 8.31. The van der Waals surface area contributed by atoms with Gasteiger partial charge in [-0.3, -0.25) is 0 Å². The molecule has 1 saturated heterocycles. The molecule has 2 atom stereocenters. The molecule has 0 aromatic heterocycles. The van der Waals surface area contributed by atoms with E-state index in [9.17, 15) is 0 Å². The molecule has 0 aliphatic carbocycles. The third-order valence-corrected chi connectivity index (χ3v) is 6.12. The van der Waals surface area contributed by atoms with Crippen molar-refractivity contribution in [2.75, 3.05) is 24.0 Å². The second-order valence-electron chi connectivity index (χ2n) is 5.92. The van der Waals surface area contributed by atoms with Crippen molar-refractivity contribution in [3.8, 4) is 0 Å². The summed E-state index contributed by atoms with van der Waals surface area (Å²) in [7, 11) is -0.235. The molecule has 1 aliphatic rings. The molecule has 1 heterocycles. The van der Waals surface area contributed by atoms with Gasteiger partial charge in [0, 0.05) is 0 Å². The van der Waals surface area contributed by atoms with Crippen LogP contribution in [0.4, 0.5) is 0 Å². The second kappa shape index (κ2) is 3.84. The van der Waals surface area contributed by atoms with E-state index in [1.165, 1.54) is 11.5 Å². The van der Waals surface area contributed by atoms with Crippen molar-refractivity contribution in [3.63, 3.8) is 0 Å². The number of rotatable bonds is 2. The van der Waals surface area contributed by atoms with Gasteiger partial charge in [-0.15, -0.1) is 0 Å². The topological polar surface area (TPSA) is 0 Å². The van der Waals surface area contributed by atoms with Crippen LogP contribution in [-0.4, -0.2) is 24.0 Å². The van der Waals surface area contributed by atoms with Gasteiger partial charge in [-0.25, -0.2) is 10.0 Å². The summed E-state index contributed by atoms with van der Waals surface area (Å²) in [5, 5.41) is 0. The van der Waals surface area contributed by atoms with Crippen LogP contribution < -0.4 is 0 Å². The molecule has 0 nitrogen and oxygen atoms in total. The molecule has 0 saturated carbocycles. The smallest absolute Gasteiger partial charge is 0.0199 e. The van der Waals surface area contributed by atoms with E-state index in [1.54, 1.807) is 0 Å². The van der Waals surface area contributed by atoms with Gasteiger partial charge in [0.25, 0.3) is 0 Å². The lowest BCUT2D eigenvalue weighted by Crippen LogP contribution is -2.22. The van der Waals surface area contributed by atoms with Crippen molar-refractivity contribution in [3.05, 3.63) is 0 Å². The van der Waals surface area contributed by atoms with Crippen molar-refractivity contribution in [2.24, 2.45) is 23.7 Å². The standard InChI is InChI=1S/C12H26S/c1-9(2)11-7-13(5,6)8-12(11)10(3)4/h9-12H,7-8H2,1-6H3. The van der Waals surface area contributed by atoms with Crippen LogP contribution in [0.5, 0.6) is 0 Å². The van der Waals surface area contributed by atoms with Crippen molar-refractivity contribution < 1.29 is 0 Å². The minimum Gasteiger partial charge on any atom is -0.246 e. The average Bonchev–Trinajstić information content (AvgIpc) is 2.26. The summed E-state index contributed by atoms with van der Waals surface area (Å²) in [6.07, 6.45) is 5.04. The van der Waals surface area contributed by atoms with Crippen LogP contribution in [0.1, 0.15) is 27.7 Å². The maximum atomic E-state index is 2.52. The fraction of sp³-hybridized carbons (Fsp3) is 1.00. The summed E-state index contributed by atoms with van der Waals surface area (Å²) in [4.78, 5) is 0. The van der Waals surface area contributed by atoms with Gasteiger partial charge in [-0.05, 0) is 47.7 Å². The molecule has 0 bridgehead atoms. The zero-order chi connectivity index (χ0) is 10.2. The van der Waals surface area contributed by atoms with Crippen molar-refractivity contribution in [1.29, 1.82) is 0 Å². The lowest BCUT2D eigenvalue weighted by Gasteiger charge is -2.25. The van der Waals surface area contributed by atoms with Gasteiger partial charge < -0.3 is 0 Å². The Morgan fingerprint density at radius 3 is 1.38 bits per heavy atom. The van der Waals surface area contributed by atoms with E-state index < -0.39 is 0 Å². The van der Waals surface area contributed by atoms with E-state index in [-0.39, 0.29) is 10.0 Å². The van der Waals surface area contributed by atoms with Crippen molar-refractivity contribution in [2.45, 2.75) is 27.7 Å². The largest absolute Gasteiger partial charge is 0.246 e. The van der Waals surface area contributed by atoms with Crippen LogP contribution in [-0.2, 0) is 0 Å². The Bertz CT molecular complexity index is 152. The molecule has 0 aromatic carbocycles. The molecule has 0 amide bonds. The molecule has 80 valence electrons. The molecular formula is C12H26S. The summed E-state index contributed by atoms with van der Waals surface area (Å²) in [6, 6.07) is 0. The SMILES string of the molecule is CC(C)C1CS(C)(C)CC1C(C)C. The van der Waals surface area contributed by atoms with E-state index in [4.69, 9.17) is 0 Å². The van der Waals surface area contributed by atoms with E-state index in [1.807, 2.05) is 0 Å². The second-order valence-corrected chi connectivity index (χ2v) is 10.1. The Hall–Kier alpha value is 0.350. The van der Waals surface area contributed by atoms with Crippen LogP contribution in [0.15, 0.2) is 0 Å². The van der Waals surface area contributed by atoms with Crippen LogP contribution in [0.2, 0.25) is 0 Å². The fourth-order valence-corrected chi connectivity index (χ4v) is 6.22. The third-order valence-electron chi connectivity index (χ3n) is 3.55. The molecular weight excluding hydrogens is 176 g/mol. The molecule has 1 heteroatoms. The highest BCUT2D eigenvalue weighted by Gasteiger charge is 2.38. The summed E-state index contributed by atoms with van der Waals surface area (Å²) in [5.74, 6) is 6.83. The van der Waals surface area contributed by atoms with E-state index >= 15 is 0 Å². The maximum absolute atomic E-state index is 2.52. The molecule has 2 unspecified atom stereocenters. The first-order chi connectivity index (χ1) is 5.83. The highest BCUT2D eigenvalue weighted by Crippen LogP contribution is 2.55. The Labute approximate surface area is 85.8 Å². The molecule has 0 spiro atoms. The van der Waals surface area contributed by atoms with Crippen LogP contribution >= 0.6 is 10.0 Å². The average molecular weight is 202 g/mol. The maximum Gasteiger partial charge on any atom is -0.0199 e. The van der Waals surface area contributed by atoms with Crippen LogP contribution in [0.3, 0.4) is 0 Å². The molecule has 13 heavy (non-hydrogen) atoms. The van der Waals surface area contributed by atoms with Gasteiger partial charge in [0.15, 0.2) is 0 Å². The van der Waals surface area contributed by atoms with Gasteiger partial charge in [0.1, 0.15) is 0 Å². The lowest BCUT2D eigenvalue weighted by molar-refractivity contribution is 0.257. The lowest BCUT2D eigenvalue weighted by atomic mass is 9.80. The highest BCUT2D eigenvalue weighted by atomic mass is 32.3. The van der Waals surface area contributed by atoms with E-state index in [0.29, 0.717) is 0 Å². The van der Waals surface area contributed by atoms with Gasteiger partial charge in [-0.2, -0.15) is 0 Å². The minimum atomic E-state index is -0.235.